The number of benzene rings is 2. The molecule has 0 spiro atoms. The minimum Gasteiger partial charge on any atom is -0.399 e. The van der Waals surface area contributed by atoms with Crippen molar-refractivity contribution >= 4 is 25.2 Å². The zero-order valence-corrected chi connectivity index (χ0v) is 22.4. The summed E-state index contributed by atoms with van der Waals surface area (Å²) in [6.07, 6.45) is 0. The highest BCUT2D eigenvalue weighted by Crippen LogP contribution is 2.46. The van der Waals surface area contributed by atoms with Gasteiger partial charge >= 0.3 is 14.2 Å². The molecule has 2 aromatic rings. The summed E-state index contributed by atoms with van der Waals surface area (Å²) in [4.78, 5) is 0. The third-order valence-electron chi connectivity index (χ3n) is 9.22. The molecule has 0 amide bonds. The lowest BCUT2D eigenvalue weighted by molar-refractivity contribution is 0.00578. The molecule has 34 heavy (non-hydrogen) atoms. The van der Waals surface area contributed by atoms with E-state index in [1.54, 1.807) is 0 Å². The molecular weight excluding hydrogens is 422 g/mol. The van der Waals surface area contributed by atoms with Gasteiger partial charge in [-0.05, 0) is 100 Å². The molecule has 2 atom stereocenters. The molecule has 2 heterocycles. The van der Waals surface area contributed by atoms with Crippen molar-refractivity contribution in [2.45, 2.75) is 103 Å². The minimum atomic E-state index is -0.344. The molecule has 0 radical (unpaired) electrons. The molecule has 0 bridgehead atoms. The first kappa shape index (κ1) is 24.1. The van der Waals surface area contributed by atoms with Crippen molar-refractivity contribution in [3.8, 4) is 11.1 Å². The molecule has 0 saturated carbocycles. The second-order valence-corrected chi connectivity index (χ2v) is 12.4. The normalized spacial score (nSPS) is 28.1. The fourth-order valence-corrected chi connectivity index (χ4v) is 5.20. The Bertz CT molecular complexity index is 1020. The molecule has 5 rings (SSSR count). The summed E-state index contributed by atoms with van der Waals surface area (Å²) >= 11 is 0. The highest BCUT2D eigenvalue weighted by atomic mass is 16.7. The summed E-state index contributed by atoms with van der Waals surface area (Å²) in [6.45, 7) is 21.5. The summed E-state index contributed by atoms with van der Waals surface area (Å²) in [6, 6.07) is 13.4. The average molecular weight is 460 g/mol. The fourth-order valence-electron chi connectivity index (χ4n) is 5.20. The van der Waals surface area contributed by atoms with Crippen LogP contribution in [0.15, 0.2) is 36.4 Å². The van der Waals surface area contributed by atoms with E-state index in [9.17, 15) is 0 Å². The van der Waals surface area contributed by atoms with Crippen LogP contribution in [0.2, 0.25) is 0 Å². The standard InChI is InChI=1S/C28H38B2O4/c1-17-18(2)24-16-20(30-33-27(7,8)28(9,10)34-30)12-14-22(24)21-13-11-19(15-23(17)21)29-31-25(3,4)26(5,6)32-29/h11-18H,1-10H3. The summed E-state index contributed by atoms with van der Waals surface area (Å²) in [5.41, 5.74) is 6.11. The van der Waals surface area contributed by atoms with Crippen molar-refractivity contribution < 1.29 is 18.6 Å². The van der Waals surface area contributed by atoms with E-state index in [1.165, 1.54) is 22.3 Å². The second-order valence-electron chi connectivity index (χ2n) is 12.4. The zero-order valence-electron chi connectivity index (χ0n) is 22.4. The molecule has 0 aromatic heterocycles. The molecule has 3 aliphatic rings. The summed E-state index contributed by atoms with van der Waals surface area (Å²) in [7, 11) is -0.685. The zero-order chi connectivity index (χ0) is 24.8. The van der Waals surface area contributed by atoms with Crippen LogP contribution >= 0.6 is 0 Å². The lowest BCUT2D eigenvalue weighted by atomic mass is 9.67. The van der Waals surface area contributed by atoms with E-state index in [0.717, 1.165) is 10.9 Å². The van der Waals surface area contributed by atoms with E-state index in [0.29, 0.717) is 11.8 Å². The van der Waals surface area contributed by atoms with Crippen molar-refractivity contribution in [1.82, 2.24) is 0 Å². The van der Waals surface area contributed by atoms with Gasteiger partial charge in [0.1, 0.15) is 0 Å². The Hall–Kier alpha value is -1.59. The first-order valence-corrected chi connectivity index (χ1v) is 12.6. The quantitative estimate of drug-likeness (QED) is 0.580. The number of fused-ring (bicyclic) bond motifs is 3. The van der Waals surface area contributed by atoms with Crippen molar-refractivity contribution in [1.29, 1.82) is 0 Å². The van der Waals surface area contributed by atoms with E-state index in [1.807, 2.05) is 0 Å². The van der Waals surface area contributed by atoms with Crippen LogP contribution in [0.3, 0.4) is 0 Å². The first-order chi connectivity index (χ1) is 15.6. The molecule has 1 aliphatic carbocycles. The monoisotopic (exact) mass is 460 g/mol. The first-order valence-electron chi connectivity index (χ1n) is 12.6. The van der Waals surface area contributed by atoms with Gasteiger partial charge in [-0.1, -0.05) is 50.2 Å². The van der Waals surface area contributed by atoms with Crippen molar-refractivity contribution in [2.75, 3.05) is 0 Å². The molecule has 2 aromatic carbocycles. The van der Waals surface area contributed by atoms with E-state index in [2.05, 4.69) is 106 Å². The molecule has 2 fully saturated rings. The Morgan fingerprint density at radius 3 is 1.12 bits per heavy atom. The van der Waals surface area contributed by atoms with Gasteiger partial charge in [0.05, 0.1) is 22.4 Å². The van der Waals surface area contributed by atoms with Crippen LogP contribution < -0.4 is 10.9 Å². The van der Waals surface area contributed by atoms with Gasteiger partial charge in [-0.25, -0.2) is 0 Å². The van der Waals surface area contributed by atoms with Gasteiger partial charge in [-0.3, -0.25) is 0 Å². The van der Waals surface area contributed by atoms with Crippen LogP contribution in [-0.4, -0.2) is 36.6 Å². The van der Waals surface area contributed by atoms with Crippen molar-refractivity contribution in [2.24, 2.45) is 0 Å². The van der Waals surface area contributed by atoms with Crippen LogP contribution in [0.1, 0.15) is 92.2 Å². The third-order valence-corrected chi connectivity index (χ3v) is 9.22. The number of rotatable bonds is 2. The predicted molar refractivity (Wildman–Crippen MR) is 140 cm³/mol. The molecule has 2 unspecified atom stereocenters. The molecule has 4 nitrogen and oxygen atoms in total. The Kier molecular flexibility index (Phi) is 5.29. The minimum absolute atomic E-state index is 0.343. The third kappa shape index (κ3) is 3.52. The fraction of sp³-hybridized carbons (Fsp3) is 0.571. The van der Waals surface area contributed by atoms with Crippen molar-refractivity contribution in [3.05, 3.63) is 47.5 Å². The molecule has 2 aliphatic heterocycles. The summed E-state index contributed by atoms with van der Waals surface area (Å²) in [5.74, 6) is 0.747. The summed E-state index contributed by atoms with van der Waals surface area (Å²) < 4.78 is 25.3. The van der Waals surface area contributed by atoms with Gasteiger partial charge in [-0.2, -0.15) is 0 Å². The van der Waals surface area contributed by atoms with Crippen LogP contribution in [0.4, 0.5) is 0 Å². The van der Waals surface area contributed by atoms with E-state index in [4.69, 9.17) is 18.6 Å². The molecule has 2 saturated heterocycles. The van der Waals surface area contributed by atoms with E-state index >= 15 is 0 Å². The largest absolute Gasteiger partial charge is 0.494 e. The SMILES string of the molecule is CC1c2cc(B3OC(C)(C)C(C)(C)O3)ccc2-c2ccc(B3OC(C)(C)C(C)(C)O3)cc2C1C. The number of hydrogen-bond acceptors (Lipinski definition) is 4. The van der Waals surface area contributed by atoms with E-state index < -0.39 is 0 Å². The molecule has 6 heteroatoms. The van der Waals surface area contributed by atoms with Gasteiger partial charge in [0.15, 0.2) is 0 Å². The average Bonchev–Trinajstić information content (AvgIpc) is 3.10. The Morgan fingerprint density at radius 1 is 0.529 bits per heavy atom. The summed E-state index contributed by atoms with van der Waals surface area (Å²) in [5, 5.41) is 0. The lowest BCUT2D eigenvalue weighted by Crippen LogP contribution is -2.41. The topological polar surface area (TPSA) is 36.9 Å². The van der Waals surface area contributed by atoms with Gasteiger partial charge in [0, 0.05) is 0 Å². The lowest BCUT2D eigenvalue weighted by Gasteiger charge is -2.32. The van der Waals surface area contributed by atoms with Crippen LogP contribution in [0.25, 0.3) is 11.1 Å². The smallest absolute Gasteiger partial charge is 0.399 e. The Labute approximate surface area is 206 Å². The van der Waals surface area contributed by atoms with Gasteiger partial charge in [0.25, 0.3) is 0 Å². The predicted octanol–water partition coefficient (Wildman–Crippen LogP) is 5.17. The maximum absolute atomic E-state index is 6.33. The van der Waals surface area contributed by atoms with Crippen molar-refractivity contribution in [3.63, 3.8) is 0 Å². The van der Waals surface area contributed by atoms with E-state index in [-0.39, 0.29) is 36.6 Å². The van der Waals surface area contributed by atoms with Gasteiger partial charge in [0.2, 0.25) is 0 Å². The highest BCUT2D eigenvalue weighted by molar-refractivity contribution is 6.62. The van der Waals surface area contributed by atoms with Crippen LogP contribution in [0, 0.1) is 0 Å². The Balaban J connectivity index is 1.50. The Morgan fingerprint density at radius 2 is 0.824 bits per heavy atom. The van der Waals surface area contributed by atoms with Crippen LogP contribution in [-0.2, 0) is 18.6 Å². The molecular formula is C28H38B2O4. The van der Waals surface area contributed by atoms with Gasteiger partial charge in [-0.15, -0.1) is 0 Å². The van der Waals surface area contributed by atoms with Crippen LogP contribution in [0.5, 0.6) is 0 Å². The second kappa shape index (κ2) is 7.46. The molecule has 180 valence electrons. The number of hydrogen-bond donors (Lipinski definition) is 0. The van der Waals surface area contributed by atoms with Gasteiger partial charge < -0.3 is 18.6 Å². The maximum Gasteiger partial charge on any atom is 0.494 e. The molecule has 0 N–H and O–H groups in total. The maximum atomic E-state index is 6.33. The highest BCUT2D eigenvalue weighted by Gasteiger charge is 2.53.